The second-order valence-electron chi connectivity index (χ2n) is 7.65. The first kappa shape index (κ1) is 18.9. The molecule has 0 aliphatic carbocycles. The summed E-state index contributed by atoms with van der Waals surface area (Å²) in [6.07, 6.45) is 2.48. The van der Waals surface area contributed by atoms with Crippen LogP contribution in [0.2, 0.25) is 0 Å². The Morgan fingerprint density at radius 1 is 1.38 bits per heavy atom. The summed E-state index contributed by atoms with van der Waals surface area (Å²) in [5.41, 5.74) is 3.54. The van der Waals surface area contributed by atoms with Crippen molar-refractivity contribution >= 4 is 28.2 Å². The molecule has 0 unspecified atom stereocenters. The molecule has 0 saturated carbocycles. The maximum atomic E-state index is 12.2. The van der Waals surface area contributed by atoms with Gasteiger partial charge in [0.25, 0.3) is 0 Å². The van der Waals surface area contributed by atoms with Crippen molar-refractivity contribution in [1.82, 2.24) is 30.0 Å². The van der Waals surface area contributed by atoms with Crippen LogP contribution in [0.15, 0.2) is 30.6 Å². The van der Waals surface area contributed by atoms with Gasteiger partial charge in [-0.05, 0) is 32.4 Å². The highest BCUT2D eigenvalue weighted by atomic mass is 16.6. The Morgan fingerprint density at radius 2 is 2.17 bits per heavy atom. The van der Waals surface area contributed by atoms with Crippen molar-refractivity contribution in [3.05, 3.63) is 36.2 Å². The predicted octanol–water partition coefficient (Wildman–Crippen LogP) is 2.68. The topological polar surface area (TPSA) is 118 Å². The van der Waals surface area contributed by atoms with Gasteiger partial charge in [0, 0.05) is 18.6 Å². The monoisotopic (exact) mass is 394 g/mol. The number of rotatable bonds is 4. The fraction of sp³-hybridized carbons (Fsp3) is 0.300. The first-order chi connectivity index (χ1) is 13.8. The van der Waals surface area contributed by atoms with Gasteiger partial charge in [-0.2, -0.15) is 5.10 Å². The van der Waals surface area contributed by atoms with Crippen molar-refractivity contribution in [3.63, 3.8) is 0 Å². The molecule has 9 nitrogen and oxygen atoms in total. The number of aryl methyl sites for hydroxylation is 2. The van der Waals surface area contributed by atoms with E-state index in [1.54, 1.807) is 20.0 Å². The van der Waals surface area contributed by atoms with Gasteiger partial charge in [-0.25, -0.2) is 14.8 Å². The van der Waals surface area contributed by atoms with Gasteiger partial charge in [-0.3, -0.25) is 4.68 Å². The minimum atomic E-state index is -0.801. The van der Waals surface area contributed by atoms with Gasteiger partial charge < -0.3 is 20.1 Å². The number of ether oxygens (including phenoxy) is 1. The molecule has 1 aromatic carbocycles. The molecular weight excluding hydrogens is 372 g/mol. The molecule has 3 aromatic heterocycles. The van der Waals surface area contributed by atoms with Crippen molar-refractivity contribution < 1.29 is 14.6 Å². The van der Waals surface area contributed by atoms with Crippen molar-refractivity contribution in [2.45, 2.75) is 26.3 Å². The van der Waals surface area contributed by atoms with Gasteiger partial charge in [0.05, 0.1) is 23.9 Å². The maximum absolute atomic E-state index is 12.2. The molecule has 3 heterocycles. The van der Waals surface area contributed by atoms with Crippen LogP contribution in [0.25, 0.3) is 33.5 Å². The summed E-state index contributed by atoms with van der Waals surface area (Å²) in [5.74, 6) is 0.247. The van der Waals surface area contributed by atoms with Crippen LogP contribution in [-0.2, 0) is 7.05 Å². The lowest BCUT2D eigenvalue weighted by Gasteiger charge is -2.22. The van der Waals surface area contributed by atoms with Crippen molar-refractivity contribution in [1.29, 1.82) is 0 Å². The molecule has 0 fully saturated rings. The number of hydrogen-bond acceptors (Lipinski definition) is 6. The van der Waals surface area contributed by atoms with Crippen LogP contribution in [0.3, 0.4) is 0 Å². The molecule has 0 aliphatic heterocycles. The lowest BCUT2D eigenvalue weighted by Crippen LogP contribution is -2.47. The fourth-order valence-corrected chi connectivity index (χ4v) is 3.06. The van der Waals surface area contributed by atoms with E-state index in [9.17, 15) is 9.90 Å². The number of benzene rings is 1. The van der Waals surface area contributed by atoms with Gasteiger partial charge in [-0.15, -0.1) is 0 Å². The Morgan fingerprint density at radius 3 is 2.93 bits per heavy atom. The molecule has 0 radical (unpaired) electrons. The van der Waals surface area contributed by atoms with E-state index < -0.39 is 11.6 Å². The minimum Gasteiger partial charge on any atom is -0.406 e. The molecule has 0 aliphatic rings. The van der Waals surface area contributed by atoms with Crippen LogP contribution in [0.1, 0.15) is 19.4 Å². The van der Waals surface area contributed by atoms with Crippen LogP contribution in [0.4, 0.5) is 4.79 Å². The van der Waals surface area contributed by atoms with Crippen LogP contribution in [0.5, 0.6) is 5.75 Å². The van der Waals surface area contributed by atoms with E-state index in [1.807, 2.05) is 30.8 Å². The number of fused-ring (bicyclic) bond motifs is 2. The van der Waals surface area contributed by atoms with E-state index in [0.29, 0.717) is 22.6 Å². The molecule has 0 bridgehead atoms. The van der Waals surface area contributed by atoms with E-state index in [-0.39, 0.29) is 12.4 Å². The van der Waals surface area contributed by atoms with E-state index in [0.717, 1.165) is 16.5 Å². The minimum absolute atomic E-state index is 0.216. The van der Waals surface area contributed by atoms with Gasteiger partial charge in [0.2, 0.25) is 0 Å². The molecule has 0 spiro atoms. The lowest BCUT2D eigenvalue weighted by molar-refractivity contribution is 0.159. The normalized spacial score (nSPS) is 11.9. The number of amides is 1. The Kier molecular flexibility index (Phi) is 4.46. The Labute approximate surface area is 166 Å². The third kappa shape index (κ3) is 3.52. The predicted molar refractivity (Wildman–Crippen MR) is 109 cm³/mol. The van der Waals surface area contributed by atoms with Crippen molar-refractivity contribution in [3.8, 4) is 17.1 Å². The quantitative estimate of drug-likeness (QED) is 0.490. The van der Waals surface area contributed by atoms with Crippen LogP contribution >= 0.6 is 0 Å². The zero-order valence-electron chi connectivity index (χ0n) is 16.6. The number of aliphatic hydroxyl groups excluding tert-OH is 1. The molecule has 4 aromatic rings. The zero-order chi connectivity index (χ0) is 20.8. The van der Waals surface area contributed by atoms with Crippen LogP contribution < -0.4 is 10.1 Å². The fourth-order valence-electron chi connectivity index (χ4n) is 3.06. The highest BCUT2D eigenvalue weighted by molar-refractivity contribution is 5.94. The highest BCUT2D eigenvalue weighted by Gasteiger charge is 2.22. The first-order valence-electron chi connectivity index (χ1n) is 9.16. The first-order valence-corrected chi connectivity index (χ1v) is 9.16. The average molecular weight is 394 g/mol. The molecular formula is C20H22N6O3. The second-order valence-corrected chi connectivity index (χ2v) is 7.65. The summed E-state index contributed by atoms with van der Waals surface area (Å²) in [7, 11) is 1.88. The van der Waals surface area contributed by atoms with E-state index in [4.69, 9.17) is 4.74 Å². The Balaban J connectivity index is 1.72. The number of aromatic nitrogens is 5. The third-order valence-corrected chi connectivity index (χ3v) is 4.63. The van der Waals surface area contributed by atoms with Gasteiger partial charge in [0.1, 0.15) is 11.4 Å². The number of aromatic amines is 1. The van der Waals surface area contributed by atoms with Crippen LogP contribution in [-0.4, -0.2) is 48.1 Å². The molecule has 1 amide bonds. The summed E-state index contributed by atoms with van der Waals surface area (Å²) in [6.45, 7) is 5.20. The van der Waals surface area contributed by atoms with Gasteiger partial charge in [-0.1, -0.05) is 12.1 Å². The molecule has 9 heteroatoms. The SMILES string of the molecule is Cc1ccc2c(-c3cnc4[nH]cc(OC(=O)NC(C)(C)CO)c4n3)nn(C)c2c1. The number of nitrogens with one attached hydrogen (secondary N) is 2. The summed E-state index contributed by atoms with van der Waals surface area (Å²) in [6, 6.07) is 6.10. The molecule has 0 saturated heterocycles. The lowest BCUT2D eigenvalue weighted by atomic mass is 10.1. The Bertz CT molecular complexity index is 1220. The number of hydrogen-bond donors (Lipinski definition) is 3. The molecule has 0 atom stereocenters. The van der Waals surface area contributed by atoms with Crippen molar-refractivity contribution in [2.75, 3.05) is 6.61 Å². The zero-order valence-corrected chi connectivity index (χ0v) is 16.6. The number of aliphatic hydroxyl groups is 1. The number of H-pyrrole nitrogens is 1. The second kappa shape index (κ2) is 6.85. The van der Waals surface area contributed by atoms with E-state index in [1.165, 1.54) is 6.20 Å². The van der Waals surface area contributed by atoms with Gasteiger partial charge >= 0.3 is 6.09 Å². The summed E-state index contributed by atoms with van der Waals surface area (Å²) < 4.78 is 7.19. The molecule has 3 N–H and O–H groups in total. The number of nitrogens with zero attached hydrogens (tertiary/aromatic N) is 4. The standard InChI is InChI=1S/C20H22N6O3/c1-11-5-6-12-14(7-11)26(4)25-16(12)13-8-21-18-17(23-13)15(9-22-18)29-19(28)24-20(2,3)10-27/h5-9,27H,10H2,1-4H3,(H,21,22)(H,24,28). The summed E-state index contributed by atoms with van der Waals surface area (Å²) in [5, 5.41) is 17.5. The number of carbonyl (C=O) groups excluding carboxylic acids is 1. The highest BCUT2D eigenvalue weighted by Crippen LogP contribution is 2.30. The molecule has 29 heavy (non-hydrogen) atoms. The van der Waals surface area contributed by atoms with E-state index in [2.05, 4.69) is 31.4 Å². The average Bonchev–Trinajstić information content (AvgIpc) is 3.22. The molecule has 4 rings (SSSR count). The van der Waals surface area contributed by atoms with Crippen LogP contribution in [0, 0.1) is 6.92 Å². The third-order valence-electron chi connectivity index (χ3n) is 4.63. The maximum Gasteiger partial charge on any atom is 0.413 e. The number of carbonyl (C=O) groups is 1. The summed E-state index contributed by atoms with van der Waals surface area (Å²) >= 11 is 0. The van der Waals surface area contributed by atoms with E-state index >= 15 is 0 Å². The van der Waals surface area contributed by atoms with Crippen molar-refractivity contribution in [2.24, 2.45) is 7.05 Å². The largest absolute Gasteiger partial charge is 0.413 e. The Hall–Kier alpha value is -3.46. The summed E-state index contributed by atoms with van der Waals surface area (Å²) in [4.78, 5) is 24.1. The smallest absolute Gasteiger partial charge is 0.406 e. The van der Waals surface area contributed by atoms with Gasteiger partial charge in [0.15, 0.2) is 16.9 Å². The molecule has 150 valence electrons.